The maximum Gasteiger partial charge on any atom is 0.254 e. The number of carbonyl (C=O) groups is 1. The van der Waals surface area contributed by atoms with Crippen LogP contribution in [0.1, 0.15) is 27.2 Å². The molecule has 0 atom stereocenters. The summed E-state index contributed by atoms with van der Waals surface area (Å²) in [6.07, 6.45) is 0. The van der Waals surface area contributed by atoms with Crippen molar-refractivity contribution in [2.45, 2.75) is 25.7 Å². The molecule has 0 aliphatic carbocycles. The number of rotatable bonds is 3. The number of pyridine rings is 1. The molecule has 0 bridgehead atoms. The Bertz CT molecular complexity index is 1280. The topological polar surface area (TPSA) is 90.8 Å². The van der Waals surface area contributed by atoms with E-state index in [1.807, 2.05) is 32.0 Å². The molecular weight excluding hydrogens is 414 g/mol. The predicted molar refractivity (Wildman–Crippen MR) is 119 cm³/mol. The van der Waals surface area contributed by atoms with E-state index in [0.29, 0.717) is 5.56 Å². The second kappa shape index (κ2) is 7.94. The summed E-state index contributed by atoms with van der Waals surface area (Å²) in [6.45, 7) is 6.49. The van der Waals surface area contributed by atoms with E-state index in [2.05, 4.69) is 4.98 Å². The highest BCUT2D eigenvalue weighted by Crippen LogP contribution is 2.28. The Morgan fingerprint density at radius 2 is 1.58 bits per heavy atom. The summed E-state index contributed by atoms with van der Waals surface area (Å²) >= 11 is 0. The molecule has 0 spiro atoms. The van der Waals surface area contributed by atoms with Crippen LogP contribution >= 0.6 is 0 Å². The van der Waals surface area contributed by atoms with Gasteiger partial charge in [0.25, 0.3) is 5.91 Å². The monoisotopic (exact) mass is 439 g/mol. The minimum absolute atomic E-state index is 0.0986. The van der Waals surface area contributed by atoms with Crippen LogP contribution in [-0.2, 0) is 10.0 Å². The summed E-state index contributed by atoms with van der Waals surface area (Å²) in [7, 11) is -3.84. The largest absolute Gasteiger partial charge is 0.507 e. The lowest BCUT2D eigenvalue weighted by Gasteiger charge is -2.34. The first kappa shape index (κ1) is 21.3. The summed E-state index contributed by atoms with van der Waals surface area (Å²) < 4.78 is 27.4. The lowest BCUT2D eigenvalue weighted by atomic mass is 10.0. The van der Waals surface area contributed by atoms with Gasteiger partial charge in [-0.3, -0.25) is 9.78 Å². The predicted octanol–water partition coefficient (Wildman–Crippen LogP) is 3.01. The van der Waals surface area contributed by atoms with Crippen LogP contribution < -0.4 is 0 Å². The second-order valence-corrected chi connectivity index (χ2v) is 9.91. The third kappa shape index (κ3) is 4.00. The molecule has 2 aromatic carbocycles. The number of aromatic nitrogens is 1. The highest BCUT2D eigenvalue weighted by Gasteiger charge is 2.32. The molecule has 1 aromatic heterocycles. The van der Waals surface area contributed by atoms with Crippen LogP contribution in [0.3, 0.4) is 0 Å². The van der Waals surface area contributed by atoms with Gasteiger partial charge in [-0.05, 0) is 56.7 Å². The number of amides is 1. The molecule has 4 rings (SSSR count). The zero-order chi connectivity index (χ0) is 22.3. The molecule has 1 amide bonds. The number of hydrogen-bond acceptors (Lipinski definition) is 5. The lowest BCUT2D eigenvalue weighted by Crippen LogP contribution is -2.50. The van der Waals surface area contributed by atoms with Crippen LogP contribution in [0, 0.1) is 20.8 Å². The zero-order valence-corrected chi connectivity index (χ0v) is 18.6. The van der Waals surface area contributed by atoms with E-state index in [9.17, 15) is 18.3 Å². The van der Waals surface area contributed by atoms with Crippen molar-refractivity contribution in [3.05, 3.63) is 64.8 Å². The van der Waals surface area contributed by atoms with Crippen LogP contribution in [0.25, 0.3) is 10.9 Å². The quantitative estimate of drug-likeness (QED) is 0.677. The molecule has 162 valence electrons. The molecule has 1 aliphatic heterocycles. The highest BCUT2D eigenvalue weighted by atomic mass is 32.2. The van der Waals surface area contributed by atoms with Crippen molar-refractivity contribution in [1.82, 2.24) is 14.2 Å². The van der Waals surface area contributed by atoms with Crippen molar-refractivity contribution in [2.75, 3.05) is 26.2 Å². The molecule has 1 N–H and O–H groups in total. The number of nitrogens with zero attached hydrogens (tertiary/aromatic N) is 3. The summed E-state index contributed by atoms with van der Waals surface area (Å²) in [4.78, 5) is 19.4. The van der Waals surface area contributed by atoms with E-state index in [1.165, 1.54) is 16.4 Å². The van der Waals surface area contributed by atoms with Crippen molar-refractivity contribution >= 4 is 26.8 Å². The van der Waals surface area contributed by atoms with Gasteiger partial charge in [-0.25, -0.2) is 8.42 Å². The summed E-state index contributed by atoms with van der Waals surface area (Å²) in [5.41, 5.74) is 3.90. The average Bonchev–Trinajstić information content (AvgIpc) is 2.74. The van der Waals surface area contributed by atoms with Crippen LogP contribution in [0.4, 0.5) is 0 Å². The van der Waals surface area contributed by atoms with Gasteiger partial charge < -0.3 is 10.0 Å². The fourth-order valence-electron chi connectivity index (χ4n) is 3.92. The average molecular weight is 440 g/mol. The number of carbonyl (C=O) groups excluding carboxylic acids is 1. The van der Waals surface area contributed by atoms with Gasteiger partial charge in [0.05, 0.1) is 11.1 Å². The van der Waals surface area contributed by atoms with E-state index in [0.717, 1.165) is 27.7 Å². The number of aryl methyl sites for hydroxylation is 3. The standard InChI is InChI=1S/C23H25N3O4S/c1-15-4-6-20-18(12-15)19(14-17(3)24-20)23(28)25-8-10-26(11-9-25)31(29,30)22-13-16(2)5-7-21(22)27/h4-7,12-14,27H,8-11H2,1-3H3. The van der Waals surface area contributed by atoms with Gasteiger partial charge in [0.2, 0.25) is 10.0 Å². The molecule has 31 heavy (non-hydrogen) atoms. The zero-order valence-electron chi connectivity index (χ0n) is 17.8. The molecule has 0 radical (unpaired) electrons. The number of aromatic hydroxyl groups is 1. The maximum absolute atomic E-state index is 13.3. The SMILES string of the molecule is Cc1ccc(O)c(S(=O)(=O)N2CCN(C(=O)c3cc(C)nc4ccc(C)cc34)CC2)c1. The Kier molecular flexibility index (Phi) is 5.45. The fourth-order valence-corrected chi connectivity index (χ4v) is 5.51. The van der Waals surface area contributed by atoms with Gasteiger partial charge >= 0.3 is 0 Å². The number of fused-ring (bicyclic) bond motifs is 1. The smallest absolute Gasteiger partial charge is 0.254 e. The van der Waals surface area contributed by atoms with E-state index in [1.54, 1.807) is 24.0 Å². The molecule has 8 heteroatoms. The van der Waals surface area contributed by atoms with Gasteiger partial charge in [-0.1, -0.05) is 17.7 Å². The summed E-state index contributed by atoms with van der Waals surface area (Å²) in [5, 5.41) is 10.9. The third-order valence-electron chi connectivity index (χ3n) is 5.58. The van der Waals surface area contributed by atoms with Crippen molar-refractivity contribution < 1.29 is 18.3 Å². The second-order valence-electron chi connectivity index (χ2n) is 8.00. The Labute approximate surface area is 182 Å². The number of piperazine rings is 1. The van der Waals surface area contributed by atoms with E-state index >= 15 is 0 Å². The van der Waals surface area contributed by atoms with Gasteiger partial charge in [0, 0.05) is 37.3 Å². The summed E-state index contributed by atoms with van der Waals surface area (Å²) in [6, 6.07) is 12.1. The Hall–Kier alpha value is -2.97. The fraction of sp³-hybridized carbons (Fsp3) is 0.304. The molecule has 1 fully saturated rings. The lowest BCUT2D eigenvalue weighted by molar-refractivity contribution is 0.0699. The first-order valence-corrected chi connectivity index (χ1v) is 11.6. The van der Waals surface area contributed by atoms with Crippen LogP contribution in [0.2, 0.25) is 0 Å². The maximum atomic E-state index is 13.3. The number of hydrogen-bond donors (Lipinski definition) is 1. The molecule has 3 aromatic rings. The number of benzene rings is 2. The first-order valence-electron chi connectivity index (χ1n) is 10.1. The minimum atomic E-state index is -3.84. The van der Waals surface area contributed by atoms with E-state index in [-0.39, 0.29) is 42.7 Å². The van der Waals surface area contributed by atoms with Crippen LogP contribution in [-0.4, -0.2) is 59.8 Å². The van der Waals surface area contributed by atoms with Crippen LogP contribution in [0.5, 0.6) is 5.75 Å². The minimum Gasteiger partial charge on any atom is -0.507 e. The molecular formula is C23H25N3O4S. The molecule has 0 saturated carbocycles. The molecule has 2 heterocycles. The number of sulfonamides is 1. The Morgan fingerprint density at radius 1 is 0.935 bits per heavy atom. The van der Waals surface area contributed by atoms with Crippen molar-refractivity contribution in [2.24, 2.45) is 0 Å². The number of phenolic OH excluding ortho intramolecular Hbond substituents is 1. The van der Waals surface area contributed by atoms with Crippen molar-refractivity contribution in [3.8, 4) is 5.75 Å². The summed E-state index contributed by atoms with van der Waals surface area (Å²) in [5.74, 6) is -0.394. The van der Waals surface area contributed by atoms with E-state index < -0.39 is 10.0 Å². The highest BCUT2D eigenvalue weighted by molar-refractivity contribution is 7.89. The molecule has 7 nitrogen and oxygen atoms in total. The Balaban J connectivity index is 1.57. The normalized spacial score (nSPS) is 15.4. The first-order chi connectivity index (χ1) is 14.7. The van der Waals surface area contributed by atoms with Gasteiger partial charge in [-0.2, -0.15) is 4.31 Å². The van der Waals surface area contributed by atoms with Gasteiger partial charge in [0.15, 0.2) is 0 Å². The molecule has 0 unspecified atom stereocenters. The molecule has 1 saturated heterocycles. The Morgan fingerprint density at radius 3 is 2.29 bits per heavy atom. The molecule has 1 aliphatic rings. The van der Waals surface area contributed by atoms with E-state index in [4.69, 9.17) is 0 Å². The van der Waals surface area contributed by atoms with Gasteiger partial charge in [0.1, 0.15) is 10.6 Å². The third-order valence-corrected chi connectivity index (χ3v) is 7.51. The van der Waals surface area contributed by atoms with Gasteiger partial charge in [-0.15, -0.1) is 0 Å². The van der Waals surface area contributed by atoms with Crippen molar-refractivity contribution in [1.29, 1.82) is 0 Å². The van der Waals surface area contributed by atoms with Crippen molar-refractivity contribution in [3.63, 3.8) is 0 Å². The van der Waals surface area contributed by atoms with Crippen LogP contribution in [0.15, 0.2) is 47.4 Å². The number of phenols is 1.